The average Bonchev–Trinajstić information content (AvgIpc) is 2.53. The molecule has 2 rings (SSSR count). The summed E-state index contributed by atoms with van der Waals surface area (Å²) in [4.78, 5) is 13.3. The van der Waals surface area contributed by atoms with E-state index in [1.807, 2.05) is 18.7 Å². The predicted octanol–water partition coefficient (Wildman–Crippen LogP) is 2.00. The first kappa shape index (κ1) is 19.9. The molecule has 1 aromatic rings. The third-order valence-electron chi connectivity index (χ3n) is 4.70. The lowest BCUT2D eigenvalue weighted by Gasteiger charge is -2.37. The molecule has 0 spiro atoms. The molecule has 0 atom stereocenters. The number of hydrogen-bond donors (Lipinski definition) is 1. The summed E-state index contributed by atoms with van der Waals surface area (Å²) in [6.07, 6.45) is 1.33. The summed E-state index contributed by atoms with van der Waals surface area (Å²) in [6.45, 7) is 7.18. The van der Waals surface area contributed by atoms with Gasteiger partial charge in [0.1, 0.15) is 0 Å². The summed E-state index contributed by atoms with van der Waals surface area (Å²) in [5, 5.41) is 9.27. The fourth-order valence-electron chi connectivity index (χ4n) is 3.55. The van der Waals surface area contributed by atoms with Gasteiger partial charge in [0.2, 0.25) is 10.0 Å². The number of hydrogen-bond acceptors (Lipinski definition) is 4. The van der Waals surface area contributed by atoms with E-state index >= 15 is 0 Å². The monoisotopic (exact) mass is 368 g/mol. The highest BCUT2D eigenvalue weighted by molar-refractivity contribution is 7.89. The Kier molecular flexibility index (Phi) is 6.59. The molecule has 0 amide bonds. The summed E-state index contributed by atoms with van der Waals surface area (Å²) in [7, 11) is -3.17. The van der Waals surface area contributed by atoms with Crippen molar-refractivity contribution in [3.8, 4) is 0 Å². The van der Waals surface area contributed by atoms with Crippen LogP contribution in [-0.4, -0.2) is 60.1 Å². The van der Waals surface area contributed by atoms with E-state index in [2.05, 4.69) is 18.2 Å². The molecule has 1 saturated heterocycles. The summed E-state index contributed by atoms with van der Waals surface area (Å²) >= 11 is 0. The number of benzene rings is 1. The molecule has 25 heavy (non-hydrogen) atoms. The van der Waals surface area contributed by atoms with Gasteiger partial charge in [-0.2, -0.15) is 0 Å². The van der Waals surface area contributed by atoms with E-state index in [9.17, 15) is 18.3 Å². The first-order valence-corrected chi connectivity index (χ1v) is 10.3. The molecule has 140 valence electrons. The first-order chi connectivity index (χ1) is 11.7. The van der Waals surface area contributed by atoms with Crippen molar-refractivity contribution in [2.24, 2.45) is 0 Å². The van der Waals surface area contributed by atoms with Crippen molar-refractivity contribution < 1.29 is 18.3 Å². The van der Waals surface area contributed by atoms with E-state index in [0.29, 0.717) is 32.5 Å². The first-order valence-electron chi connectivity index (χ1n) is 8.72. The molecule has 0 bridgehead atoms. The van der Waals surface area contributed by atoms with Crippen LogP contribution in [0, 0.1) is 13.8 Å². The predicted molar refractivity (Wildman–Crippen MR) is 98.0 cm³/mol. The van der Waals surface area contributed by atoms with Gasteiger partial charge >= 0.3 is 5.97 Å². The molecule has 0 aliphatic carbocycles. The molecule has 1 N–H and O–H groups in total. The van der Waals surface area contributed by atoms with Crippen molar-refractivity contribution >= 4 is 16.0 Å². The quantitative estimate of drug-likeness (QED) is 0.796. The Bertz CT molecular complexity index is 690. The Morgan fingerprint density at radius 2 is 1.76 bits per heavy atom. The Labute approximate surface area is 150 Å². The normalized spacial score (nSPS) is 17.1. The second-order valence-corrected chi connectivity index (χ2v) is 9.08. The average molecular weight is 368 g/mol. The molecular weight excluding hydrogens is 340 g/mol. The summed E-state index contributed by atoms with van der Waals surface area (Å²) in [5.74, 6) is -0.744. The Balaban J connectivity index is 2.09. The van der Waals surface area contributed by atoms with Gasteiger partial charge in [-0.15, -0.1) is 0 Å². The minimum Gasteiger partial charge on any atom is -0.480 e. The van der Waals surface area contributed by atoms with Crippen LogP contribution in [0.5, 0.6) is 0 Å². The van der Waals surface area contributed by atoms with Crippen LogP contribution in [0.2, 0.25) is 0 Å². The van der Waals surface area contributed by atoms with Crippen LogP contribution in [0.15, 0.2) is 18.2 Å². The molecule has 1 aromatic carbocycles. The van der Waals surface area contributed by atoms with Crippen molar-refractivity contribution in [2.75, 3.05) is 25.4 Å². The van der Waals surface area contributed by atoms with E-state index in [4.69, 9.17) is 0 Å². The molecule has 1 aliphatic heterocycles. The van der Waals surface area contributed by atoms with Gasteiger partial charge < -0.3 is 5.11 Å². The molecule has 1 fully saturated rings. The summed E-state index contributed by atoms with van der Waals surface area (Å²) < 4.78 is 25.5. The summed E-state index contributed by atoms with van der Waals surface area (Å²) in [6, 6.07) is 6.34. The van der Waals surface area contributed by atoms with E-state index in [1.54, 1.807) is 6.92 Å². The van der Waals surface area contributed by atoms with Crippen LogP contribution >= 0.6 is 0 Å². The van der Waals surface area contributed by atoms with Crippen molar-refractivity contribution in [1.29, 1.82) is 0 Å². The number of carbonyl (C=O) groups is 1. The molecule has 6 nitrogen and oxygen atoms in total. The molecule has 1 aliphatic rings. The standard InChI is InChI=1S/C18H28N2O4S/c1-4-25(23,24)20-7-5-17(6-8-20)19(13-18(21)22)12-16-10-14(2)9-15(3)11-16/h9-11,17H,4-8,12-13H2,1-3H3,(H,21,22). The van der Waals surface area contributed by atoms with E-state index < -0.39 is 16.0 Å². The van der Waals surface area contributed by atoms with Crippen molar-refractivity contribution in [2.45, 2.75) is 46.2 Å². The third kappa shape index (κ3) is 5.52. The summed E-state index contributed by atoms with van der Waals surface area (Å²) in [5.41, 5.74) is 3.42. The van der Waals surface area contributed by atoms with Gasteiger partial charge in [-0.05, 0) is 39.2 Å². The van der Waals surface area contributed by atoms with Gasteiger partial charge in [0, 0.05) is 25.7 Å². The van der Waals surface area contributed by atoms with Crippen molar-refractivity contribution in [3.63, 3.8) is 0 Å². The molecule has 0 saturated carbocycles. The van der Waals surface area contributed by atoms with Crippen LogP contribution in [0.1, 0.15) is 36.5 Å². The third-order valence-corrected chi connectivity index (χ3v) is 6.59. The molecule has 1 heterocycles. The minimum atomic E-state index is -3.17. The minimum absolute atomic E-state index is 0.0296. The maximum atomic E-state index is 12.0. The number of sulfonamides is 1. The van der Waals surface area contributed by atoms with Crippen molar-refractivity contribution in [1.82, 2.24) is 9.21 Å². The fraction of sp³-hybridized carbons (Fsp3) is 0.611. The van der Waals surface area contributed by atoms with Gasteiger partial charge in [-0.25, -0.2) is 12.7 Å². The van der Waals surface area contributed by atoms with Crippen LogP contribution in [0.25, 0.3) is 0 Å². The number of aryl methyl sites for hydroxylation is 2. The maximum Gasteiger partial charge on any atom is 0.317 e. The topological polar surface area (TPSA) is 77.9 Å². The zero-order valence-electron chi connectivity index (χ0n) is 15.2. The van der Waals surface area contributed by atoms with Crippen molar-refractivity contribution in [3.05, 3.63) is 34.9 Å². The number of aliphatic carboxylic acids is 1. The van der Waals surface area contributed by atoms with Gasteiger partial charge in [0.15, 0.2) is 0 Å². The van der Waals surface area contributed by atoms with Crippen LogP contribution in [0.4, 0.5) is 0 Å². The number of carboxylic acid groups (broad SMARTS) is 1. The van der Waals surface area contributed by atoms with Gasteiger partial charge in [0.25, 0.3) is 0 Å². The van der Waals surface area contributed by atoms with E-state index in [0.717, 1.165) is 16.7 Å². The van der Waals surface area contributed by atoms with Crippen LogP contribution in [-0.2, 0) is 21.4 Å². The largest absolute Gasteiger partial charge is 0.480 e. The smallest absolute Gasteiger partial charge is 0.317 e. The lowest BCUT2D eigenvalue weighted by Crippen LogP contribution is -2.48. The molecule has 0 radical (unpaired) electrons. The highest BCUT2D eigenvalue weighted by Gasteiger charge is 2.30. The highest BCUT2D eigenvalue weighted by Crippen LogP contribution is 2.22. The number of carboxylic acids is 1. The second kappa shape index (κ2) is 8.29. The fourth-order valence-corrected chi connectivity index (χ4v) is 4.68. The van der Waals surface area contributed by atoms with Gasteiger partial charge in [0.05, 0.1) is 12.3 Å². The SMILES string of the molecule is CCS(=O)(=O)N1CCC(N(CC(=O)O)Cc2cc(C)cc(C)c2)CC1. The molecule has 7 heteroatoms. The lowest BCUT2D eigenvalue weighted by molar-refractivity contribution is -0.139. The van der Waals surface area contributed by atoms with Crippen LogP contribution < -0.4 is 0 Å². The van der Waals surface area contributed by atoms with Gasteiger partial charge in [-0.1, -0.05) is 29.3 Å². The number of rotatable bonds is 7. The molecular formula is C18H28N2O4S. The Hall–Kier alpha value is -1.44. The molecule has 0 unspecified atom stereocenters. The van der Waals surface area contributed by atoms with Crippen LogP contribution in [0.3, 0.4) is 0 Å². The lowest BCUT2D eigenvalue weighted by atomic mass is 10.0. The zero-order chi connectivity index (χ0) is 18.6. The zero-order valence-corrected chi connectivity index (χ0v) is 16.1. The van der Waals surface area contributed by atoms with Gasteiger partial charge in [-0.3, -0.25) is 9.69 Å². The highest BCUT2D eigenvalue weighted by atomic mass is 32.2. The maximum absolute atomic E-state index is 12.0. The second-order valence-electron chi connectivity index (χ2n) is 6.83. The Morgan fingerprint density at radius 3 is 2.24 bits per heavy atom. The molecule has 0 aromatic heterocycles. The van der Waals surface area contributed by atoms with E-state index in [-0.39, 0.29) is 18.3 Å². The number of nitrogens with zero attached hydrogens (tertiary/aromatic N) is 2. The Morgan fingerprint density at radius 1 is 1.20 bits per heavy atom. The number of piperidine rings is 1. The van der Waals surface area contributed by atoms with E-state index in [1.165, 1.54) is 4.31 Å².